The van der Waals surface area contributed by atoms with Crippen molar-refractivity contribution in [2.75, 3.05) is 19.0 Å². The smallest absolute Gasteiger partial charge is 0.163 e. The van der Waals surface area contributed by atoms with Gasteiger partial charge in [0, 0.05) is 30.7 Å². The summed E-state index contributed by atoms with van der Waals surface area (Å²) in [5.41, 5.74) is 0.986. The molecule has 2 aromatic rings. The van der Waals surface area contributed by atoms with E-state index in [0.29, 0.717) is 13.2 Å². The zero-order chi connectivity index (χ0) is 14.4. The number of ether oxygens (including phenoxy) is 2. The highest BCUT2D eigenvalue weighted by molar-refractivity contribution is 5.54. The number of nitrogens with one attached hydrogen (secondary N) is 1. The third kappa shape index (κ3) is 3.23. The van der Waals surface area contributed by atoms with Gasteiger partial charge < -0.3 is 19.4 Å². The standard InChI is InChI=1S/C15H21N3O2/c1-4-18-9-8-16-15(18)11-17-12-6-7-13(19-3)14(10-12)20-5-2/h6-10,17H,4-5,11H2,1-3H3. The van der Waals surface area contributed by atoms with Gasteiger partial charge in [-0.15, -0.1) is 0 Å². The van der Waals surface area contributed by atoms with Crippen LogP contribution in [0.5, 0.6) is 11.5 Å². The molecule has 5 heteroatoms. The molecule has 0 fully saturated rings. The molecule has 0 aliphatic heterocycles. The first-order chi connectivity index (χ1) is 9.78. The Balaban J connectivity index is 2.07. The van der Waals surface area contributed by atoms with E-state index < -0.39 is 0 Å². The Labute approximate surface area is 119 Å². The molecule has 0 atom stereocenters. The van der Waals surface area contributed by atoms with E-state index in [2.05, 4.69) is 21.8 Å². The first kappa shape index (κ1) is 14.2. The predicted octanol–water partition coefficient (Wildman–Crippen LogP) is 2.92. The molecule has 1 heterocycles. The lowest BCUT2D eigenvalue weighted by atomic mass is 10.2. The first-order valence-electron chi connectivity index (χ1n) is 6.83. The highest BCUT2D eigenvalue weighted by atomic mass is 16.5. The van der Waals surface area contributed by atoms with E-state index in [0.717, 1.165) is 29.6 Å². The van der Waals surface area contributed by atoms with Crippen molar-refractivity contribution in [1.82, 2.24) is 9.55 Å². The summed E-state index contributed by atoms with van der Waals surface area (Å²) >= 11 is 0. The lowest BCUT2D eigenvalue weighted by Crippen LogP contribution is -2.07. The van der Waals surface area contributed by atoms with Crippen molar-refractivity contribution in [3.05, 3.63) is 36.4 Å². The molecule has 1 aromatic carbocycles. The maximum Gasteiger partial charge on any atom is 0.163 e. The molecule has 5 nitrogen and oxygen atoms in total. The zero-order valence-electron chi connectivity index (χ0n) is 12.2. The van der Waals surface area contributed by atoms with E-state index >= 15 is 0 Å². The SMILES string of the molecule is CCOc1cc(NCc2nccn2CC)ccc1OC. The van der Waals surface area contributed by atoms with Crippen molar-refractivity contribution >= 4 is 5.69 Å². The van der Waals surface area contributed by atoms with Crippen molar-refractivity contribution in [3.8, 4) is 11.5 Å². The minimum atomic E-state index is 0.611. The Bertz CT molecular complexity index is 552. The number of imidazole rings is 1. The summed E-state index contributed by atoms with van der Waals surface area (Å²) in [6.07, 6.45) is 3.80. The summed E-state index contributed by atoms with van der Waals surface area (Å²) in [7, 11) is 1.64. The van der Waals surface area contributed by atoms with E-state index in [4.69, 9.17) is 9.47 Å². The normalized spacial score (nSPS) is 10.3. The number of hydrogen-bond donors (Lipinski definition) is 1. The topological polar surface area (TPSA) is 48.3 Å². The molecule has 0 unspecified atom stereocenters. The van der Waals surface area contributed by atoms with Gasteiger partial charge in [0.05, 0.1) is 20.3 Å². The number of hydrogen-bond acceptors (Lipinski definition) is 4. The average molecular weight is 275 g/mol. The molecule has 0 radical (unpaired) electrons. The van der Waals surface area contributed by atoms with Crippen molar-refractivity contribution in [1.29, 1.82) is 0 Å². The minimum absolute atomic E-state index is 0.611. The maximum atomic E-state index is 5.56. The van der Waals surface area contributed by atoms with Crippen LogP contribution < -0.4 is 14.8 Å². The van der Waals surface area contributed by atoms with Crippen LogP contribution in [0.1, 0.15) is 19.7 Å². The lowest BCUT2D eigenvalue weighted by Gasteiger charge is -2.12. The van der Waals surface area contributed by atoms with Gasteiger partial charge in [-0.3, -0.25) is 0 Å². The van der Waals surface area contributed by atoms with Crippen LogP contribution in [0.3, 0.4) is 0 Å². The Morgan fingerprint density at radius 2 is 2.10 bits per heavy atom. The number of aromatic nitrogens is 2. The fourth-order valence-corrected chi connectivity index (χ4v) is 2.03. The van der Waals surface area contributed by atoms with E-state index in [1.807, 2.05) is 37.5 Å². The summed E-state index contributed by atoms with van der Waals surface area (Å²) in [6, 6.07) is 5.82. The number of methoxy groups -OCH3 is 1. The van der Waals surface area contributed by atoms with Crippen molar-refractivity contribution in [2.24, 2.45) is 0 Å². The van der Waals surface area contributed by atoms with E-state index in [9.17, 15) is 0 Å². The molecule has 108 valence electrons. The maximum absolute atomic E-state index is 5.56. The largest absolute Gasteiger partial charge is 0.493 e. The Kier molecular flexibility index (Phi) is 4.87. The number of benzene rings is 1. The molecule has 0 saturated carbocycles. The van der Waals surface area contributed by atoms with Crippen LogP contribution in [0.15, 0.2) is 30.6 Å². The van der Waals surface area contributed by atoms with Crippen molar-refractivity contribution < 1.29 is 9.47 Å². The summed E-state index contributed by atoms with van der Waals surface area (Å²) in [6.45, 7) is 6.27. The average Bonchev–Trinajstić information content (AvgIpc) is 2.93. The van der Waals surface area contributed by atoms with Gasteiger partial charge in [0.2, 0.25) is 0 Å². The number of anilines is 1. The van der Waals surface area contributed by atoms with Gasteiger partial charge in [0.25, 0.3) is 0 Å². The molecule has 0 amide bonds. The molecule has 0 aliphatic rings. The molecule has 0 saturated heterocycles. The Morgan fingerprint density at radius 3 is 2.80 bits per heavy atom. The lowest BCUT2D eigenvalue weighted by molar-refractivity contribution is 0.311. The van der Waals surface area contributed by atoms with Crippen LogP contribution in [-0.4, -0.2) is 23.3 Å². The van der Waals surface area contributed by atoms with Gasteiger partial charge in [-0.2, -0.15) is 0 Å². The van der Waals surface area contributed by atoms with Gasteiger partial charge in [0.15, 0.2) is 11.5 Å². The van der Waals surface area contributed by atoms with Gasteiger partial charge in [-0.25, -0.2) is 4.98 Å². The van der Waals surface area contributed by atoms with Crippen LogP contribution in [0.2, 0.25) is 0 Å². The van der Waals surface area contributed by atoms with E-state index in [1.165, 1.54) is 0 Å². The third-order valence-electron chi connectivity index (χ3n) is 3.06. The number of aryl methyl sites for hydroxylation is 1. The summed E-state index contributed by atoms with van der Waals surface area (Å²) in [4.78, 5) is 4.34. The predicted molar refractivity (Wildman–Crippen MR) is 79.4 cm³/mol. The van der Waals surface area contributed by atoms with Crippen LogP contribution in [0.4, 0.5) is 5.69 Å². The molecule has 0 aliphatic carbocycles. The Hall–Kier alpha value is -2.17. The third-order valence-corrected chi connectivity index (χ3v) is 3.06. The van der Waals surface area contributed by atoms with Gasteiger partial charge >= 0.3 is 0 Å². The summed E-state index contributed by atoms with van der Waals surface area (Å²) < 4.78 is 12.9. The quantitative estimate of drug-likeness (QED) is 0.844. The zero-order valence-corrected chi connectivity index (χ0v) is 12.2. The fraction of sp³-hybridized carbons (Fsp3) is 0.400. The molecule has 0 bridgehead atoms. The Morgan fingerprint density at radius 1 is 1.25 bits per heavy atom. The second-order valence-electron chi connectivity index (χ2n) is 4.28. The first-order valence-corrected chi connectivity index (χ1v) is 6.83. The molecule has 1 aromatic heterocycles. The second kappa shape index (κ2) is 6.84. The highest BCUT2D eigenvalue weighted by Crippen LogP contribution is 2.30. The summed E-state index contributed by atoms with van der Waals surface area (Å²) in [5, 5.41) is 3.35. The van der Waals surface area contributed by atoms with Gasteiger partial charge in [-0.1, -0.05) is 0 Å². The van der Waals surface area contributed by atoms with Crippen LogP contribution in [0, 0.1) is 0 Å². The van der Waals surface area contributed by atoms with Crippen molar-refractivity contribution in [2.45, 2.75) is 26.9 Å². The molecule has 0 spiro atoms. The minimum Gasteiger partial charge on any atom is -0.493 e. The molecule has 1 N–H and O–H groups in total. The monoisotopic (exact) mass is 275 g/mol. The van der Waals surface area contributed by atoms with Crippen molar-refractivity contribution in [3.63, 3.8) is 0 Å². The fourth-order valence-electron chi connectivity index (χ4n) is 2.03. The summed E-state index contributed by atoms with van der Waals surface area (Å²) in [5.74, 6) is 2.51. The highest BCUT2D eigenvalue weighted by Gasteiger charge is 2.06. The second-order valence-corrected chi connectivity index (χ2v) is 4.28. The number of rotatable bonds is 7. The van der Waals surface area contributed by atoms with Crippen LogP contribution >= 0.6 is 0 Å². The molecule has 20 heavy (non-hydrogen) atoms. The molecular formula is C15H21N3O2. The van der Waals surface area contributed by atoms with E-state index in [1.54, 1.807) is 7.11 Å². The van der Waals surface area contributed by atoms with Gasteiger partial charge in [0.1, 0.15) is 5.82 Å². The van der Waals surface area contributed by atoms with Gasteiger partial charge in [-0.05, 0) is 26.0 Å². The van der Waals surface area contributed by atoms with Crippen LogP contribution in [0.25, 0.3) is 0 Å². The number of nitrogens with zero attached hydrogens (tertiary/aromatic N) is 2. The molecule has 2 rings (SSSR count). The van der Waals surface area contributed by atoms with Crippen LogP contribution in [-0.2, 0) is 13.1 Å². The molecular weight excluding hydrogens is 254 g/mol. The van der Waals surface area contributed by atoms with E-state index in [-0.39, 0.29) is 0 Å².